The molecule has 0 aromatic heterocycles. The molecule has 0 aliphatic carbocycles. The Bertz CT molecular complexity index is 2420. The molecule has 0 fully saturated rings. The molecular formula is C83H140O16P2. The number of esters is 3. The summed E-state index contributed by atoms with van der Waals surface area (Å²) in [6.07, 6.45) is 91.7. The lowest BCUT2D eigenvalue weighted by Gasteiger charge is -2.21. The summed E-state index contributed by atoms with van der Waals surface area (Å²) in [4.78, 5) is 58.7. The smallest absolute Gasteiger partial charge is 0.463 e. The number of aliphatic hydroxyl groups excluding tert-OH is 2. The second kappa shape index (κ2) is 75.1. The lowest BCUT2D eigenvalue weighted by molar-refractivity contribution is -0.161. The van der Waals surface area contributed by atoms with Gasteiger partial charge in [0.05, 0.1) is 26.4 Å². The molecule has 0 rings (SSSR count). The largest absolute Gasteiger partial charge is 0.472 e. The third-order valence-electron chi connectivity index (χ3n) is 16.0. The Morgan fingerprint density at radius 3 is 0.832 bits per heavy atom. The molecule has 0 amide bonds. The average molecular weight is 1460 g/mol. The average Bonchev–Trinajstić information content (AvgIpc) is 1.19. The standard InChI is InChI=1S/C83H140O16P2/c1-4-7-10-13-16-19-22-25-28-30-32-34-36-38-40-42-44-46-49-51-54-57-60-63-66-69-81(86)93-72-78(84)73-95-100(89,90)96-74-79(85)75-97-101(91,92)98-77-80(99-83(88)71-68-65-62-59-56-53-48-27-24-21-18-15-12-9-6-3)76-94-82(87)70-67-64-61-58-55-52-50-47-45-43-41-39-37-35-33-31-29-26-23-20-17-14-11-8-5-2/h7,9-10,12,16-21,25-29,32-35,38-41,48,78-80,84-85H,4-6,8,11,13-15,22-24,30-31,36-37,42-47,49-77H2,1-3H3,(H,89,90)(H,91,92)/b10-7-,12-9-,19-16-,20-17-,21-18-,28-25-,29-26-,34-32-,35-33-,40-38-,41-39-,48-27-. The maximum Gasteiger partial charge on any atom is 0.472 e. The van der Waals surface area contributed by atoms with Crippen molar-refractivity contribution in [2.75, 3.05) is 39.6 Å². The van der Waals surface area contributed by atoms with Gasteiger partial charge in [-0.05, 0) is 141 Å². The second-order valence-electron chi connectivity index (χ2n) is 25.7. The highest BCUT2D eigenvalue weighted by molar-refractivity contribution is 7.47. The van der Waals surface area contributed by atoms with Crippen molar-refractivity contribution in [3.63, 3.8) is 0 Å². The van der Waals surface area contributed by atoms with Crippen molar-refractivity contribution in [1.82, 2.24) is 0 Å². The van der Waals surface area contributed by atoms with Crippen molar-refractivity contribution in [2.45, 2.75) is 322 Å². The number of rotatable bonds is 73. The Kier molecular flexibility index (Phi) is 71.7. The van der Waals surface area contributed by atoms with Gasteiger partial charge in [-0.25, -0.2) is 9.13 Å². The molecule has 0 spiro atoms. The summed E-state index contributed by atoms with van der Waals surface area (Å²) in [6, 6.07) is 0. The van der Waals surface area contributed by atoms with Crippen molar-refractivity contribution in [3.8, 4) is 0 Å². The van der Waals surface area contributed by atoms with E-state index in [1.165, 1.54) is 77.0 Å². The Morgan fingerprint density at radius 2 is 0.525 bits per heavy atom. The minimum absolute atomic E-state index is 0.0800. The fourth-order valence-corrected chi connectivity index (χ4v) is 11.7. The monoisotopic (exact) mass is 1450 g/mol. The van der Waals surface area contributed by atoms with Gasteiger partial charge in [-0.3, -0.25) is 32.5 Å². The molecule has 5 unspecified atom stereocenters. The van der Waals surface area contributed by atoms with Crippen molar-refractivity contribution >= 4 is 33.6 Å². The van der Waals surface area contributed by atoms with Crippen LogP contribution in [0.3, 0.4) is 0 Å². The first-order chi connectivity index (χ1) is 49.2. The highest BCUT2D eigenvalue weighted by atomic mass is 31.2. The molecule has 0 saturated heterocycles. The highest BCUT2D eigenvalue weighted by Crippen LogP contribution is 2.45. The summed E-state index contributed by atoms with van der Waals surface area (Å²) in [5.74, 6) is -1.61. The van der Waals surface area contributed by atoms with Crippen LogP contribution >= 0.6 is 15.6 Å². The van der Waals surface area contributed by atoms with Crippen LogP contribution in [0.15, 0.2) is 146 Å². The Hall–Kier alpha value is -4.57. The van der Waals surface area contributed by atoms with Gasteiger partial charge in [0.25, 0.3) is 0 Å². The van der Waals surface area contributed by atoms with E-state index in [0.29, 0.717) is 19.3 Å². The maximum absolute atomic E-state index is 13.0. The highest BCUT2D eigenvalue weighted by Gasteiger charge is 2.29. The minimum Gasteiger partial charge on any atom is -0.463 e. The molecule has 0 aromatic carbocycles. The van der Waals surface area contributed by atoms with Gasteiger partial charge in [-0.2, -0.15) is 0 Å². The van der Waals surface area contributed by atoms with E-state index in [1.807, 2.05) is 0 Å². The van der Waals surface area contributed by atoms with Gasteiger partial charge in [-0.15, -0.1) is 0 Å². The topological polar surface area (TPSA) is 231 Å². The van der Waals surface area contributed by atoms with E-state index in [9.17, 15) is 43.5 Å². The van der Waals surface area contributed by atoms with E-state index >= 15 is 0 Å². The van der Waals surface area contributed by atoms with Crippen molar-refractivity contribution in [2.24, 2.45) is 0 Å². The third-order valence-corrected chi connectivity index (χ3v) is 17.9. The molecule has 4 N–H and O–H groups in total. The van der Waals surface area contributed by atoms with Crippen LogP contribution in [0.5, 0.6) is 0 Å². The number of phosphoric ester groups is 2. The summed E-state index contributed by atoms with van der Waals surface area (Å²) in [5, 5.41) is 20.6. The molecule has 18 heteroatoms. The number of ether oxygens (including phenoxy) is 3. The number of unbranched alkanes of at least 4 members (excludes halogenated alkanes) is 26. The number of aliphatic hydroxyl groups is 2. The van der Waals surface area contributed by atoms with Gasteiger partial charge < -0.3 is 34.2 Å². The van der Waals surface area contributed by atoms with Crippen LogP contribution in [0, 0.1) is 0 Å². The first-order valence-electron chi connectivity index (χ1n) is 39.1. The number of hydrogen-bond acceptors (Lipinski definition) is 14. The molecule has 0 aliphatic rings. The van der Waals surface area contributed by atoms with Gasteiger partial charge in [0.15, 0.2) is 6.10 Å². The SMILES string of the molecule is CC/C=C\C/C=C\C/C=C\C/C=C\C/C=C\CCCCCCCCCCCC(=O)OCC(O)COP(=O)(O)OCC(O)COP(=O)(O)OCC(COC(=O)CCCCCCCCCCC/C=C\C/C=C\C/C=C\C/C=C\CCCCC)OC(=O)CCCCCCC/C=C\C/C=C\C/C=C\CC. The van der Waals surface area contributed by atoms with Crippen LogP contribution in [0.4, 0.5) is 0 Å². The van der Waals surface area contributed by atoms with E-state index in [1.54, 1.807) is 0 Å². The van der Waals surface area contributed by atoms with Crippen molar-refractivity contribution < 1.29 is 75.8 Å². The zero-order valence-corrected chi connectivity index (χ0v) is 64.8. The van der Waals surface area contributed by atoms with E-state index in [4.69, 9.17) is 32.3 Å². The van der Waals surface area contributed by atoms with Crippen LogP contribution in [-0.4, -0.2) is 95.9 Å². The lowest BCUT2D eigenvalue weighted by Crippen LogP contribution is -2.30. The molecule has 16 nitrogen and oxygen atoms in total. The Labute approximate surface area is 613 Å². The lowest BCUT2D eigenvalue weighted by atomic mass is 10.1. The number of phosphoric acid groups is 2. The maximum atomic E-state index is 13.0. The van der Waals surface area contributed by atoms with Gasteiger partial charge in [0.1, 0.15) is 25.4 Å². The molecule has 5 atom stereocenters. The van der Waals surface area contributed by atoms with Crippen molar-refractivity contribution in [3.05, 3.63) is 146 Å². The van der Waals surface area contributed by atoms with E-state index in [2.05, 4.69) is 167 Å². The van der Waals surface area contributed by atoms with Gasteiger partial charge >= 0.3 is 33.6 Å². The molecule has 0 aromatic rings. The quantitative estimate of drug-likeness (QED) is 0.0146. The summed E-state index contributed by atoms with van der Waals surface area (Å²) in [5.41, 5.74) is 0. The van der Waals surface area contributed by atoms with Gasteiger partial charge in [-0.1, -0.05) is 289 Å². The Balaban J connectivity index is 4.62. The van der Waals surface area contributed by atoms with Crippen molar-refractivity contribution in [1.29, 1.82) is 0 Å². The fourth-order valence-electron chi connectivity index (χ4n) is 10.1. The molecule has 0 bridgehead atoms. The Morgan fingerprint density at radius 1 is 0.287 bits per heavy atom. The van der Waals surface area contributed by atoms with Crippen LogP contribution in [-0.2, 0) is 55.8 Å². The van der Waals surface area contributed by atoms with E-state index in [-0.39, 0.29) is 19.3 Å². The minimum atomic E-state index is -4.94. The van der Waals surface area contributed by atoms with Gasteiger partial charge in [0.2, 0.25) is 0 Å². The van der Waals surface area contributed by atoms with E-state index < -0.39 is 91.5 Å². The number of carbonyl (C=O) groups excluding carboxylic acids is 3. The second-order valence-corrected chi connectivity index (χ2v) is 28.7. The zero-order valence-electron chi connectivity index (χ0n) is 63.0. The summed E-state index contributed by atoms with van der Waals surface area (Å²) in [6.45, 7) is 2.39. The first-order valence-corrected chi connectivity index (χ1v) is 42.1. The van der Waals surface area contributed by atoms with Crippen LogP contribution in [0.2, 0.25) is 0 Å². The summed E-state index contributed by atoms with van der Waals surface area (Å²) >= 11 is 0. The summed E-state index contributed by atoms with van der Waals surface area (Å²) < 4.78 is 61.1. The molecule has 0 aliphatic heterocycles. The first kappa shape index (κ1) is 96.4. The number of carbonyl (C=O) groups is 3. The number of hydrogen-bond donors (Lipinski definition) is 4. The summed E-state index contributed by atoms with van der Waals surface area (Å²) in [7, 11) is -9.80. The van der Waals surface area contributed by atoms with Crippen LogP contribution < -0.4 is 0 Å². The zero-order chi connectivity index (χ0) is 73.7. The molecular weight excluding hydrogens is 1310 g/mol. The predicted molar refractivity (Wildman–Crippen MR) is 417 cm³/mol. The number of allylic oxidation sites excluding steroid dienone is 24. The molecule has 0 saturated carbocycles. The van der Waals surface area contributed by atoms with Gasteiger partial charge in [0, 0.05) is 19.3 Å². The molecule has 0 heterocycles. The molecule has 0 radical (unpaired) electrons. The normalized spacial score (nSPS) is 14.8. The molecule has 578 valence electrons. The third kappa shape index (κ3) is 76.4. The molecule has 101 heavy (non-hydrogen) atoms. The van der Waals surface area contributed by atoms with Crippen LogP contribution in [0.1, 0.15) is 303 Å². The predicted octanol–water partition coefficient (Wildman–Crippen LogP) is 22.9. The van der Waals surface area contributed by atoms with E-state index in [0.717, 1.165) is 167 Å². The fraction of sp³-hybridized carbons (Fsp3) is 0.675. The van der Waals surface area contributed by atoms with Crippen LogP contribution in [0.25, 0.3) is 0 Å².